The van der Waals surface area contributed by atoms with Crippen molar-refractivity contribution >= 4 is 10.9 Å². The van der Waals surface area contributed by atoms with E-state index in [0.29, 0.717) is 18.9 Å². The van der Waals surface area contributed by atoms with E-state index in [4.69, 9.17) is 10.5 Å². The molecule has 0 spiro atoms. The number of aromatic nitrogens is 1. The average Bonchev–Trinajstić information content (AvgIpc) is 2.88. The molecule has 3 aromatic rings. The summed E-state index contributed by atoms with van der Waals surface area (Å²) in [6, 6.07) is 14.1. The Morgan fingerprint density at radius 2 is 1.95 bits per heavy atom. The number of aromatic amines is 1. The largest absolute Gasteiger partial charge is 0.487 e. The third-order valence-electron chi connectivity index (χ3n) is 3.21. The van der Waals surface area contributed by atoms with E-state index in [1.54, 1.807) is 12.1 Å². The summed E-state index contributed by atoms with van der Waals surface area (Å²) in [6.45, 7) is 0.851. The Labute approximate surface area is 116 Å². The third-order valence-corrected chi connectivity index (χ3v) is 3.21. The normalized spacial score (nSPS) is 10.9. The molecule has 1 aromatic heterocycles. The molecule has 0 radical (unpaired) electrons. The van der Waals surface area contributed by atoms with E-state index in [0.717, 1.165) is 22.2 Å². The van der Waals surface area contributed by atoms with Gasteiger partial charge in [0.05, 0.1) is 11.2 Å². The van der Waals surface area contributed by atoms with Gasteiger partial charge in [0.15, 0.2) is 0 Å². The van der Waals surface area contributed by atoms with Gasteiger partial charge in [0.2, 0.25) is 0 Å². The first kappa shape index (κ1) is 12.7. The number of para-hydroxylation sites is 1. The van der Waals surface area contributed by atoms with Gasteiger partial charge in [-0.3, -0.25) is 0 Å². The predicted molar refractivity (Wildman–Crippen MR) is 76.9 cm³/mol. The van der Waals surface area contributed by atoms with Crippen molar-refractivity contribution in [1.29, 1.82) is 0 Å². The van der Waals surface area contributed by atoms with Crippen molar-refractivity contribution in [3.8, 4) is 5.75 Å². The summed E-state index contributed by atoms with van der Waals surface area (Å²) in [5.74, 6) is 0.215. The van der Waals surface area contributed by atoms with Gasteiger partial charge in [-0.2, -0.15) is 0 Å². The number of hydrogen-bond acceptors (Lipinski definition) is 2. The molecule has 0 aliphatic rings. The summed E-state index contributed by atoms with van der Waals surface area (Å²) in [5, 5.41) is 1.10. The van der Waals surface area contributed by atoms with Crippen LogP contribution >= 0.6 is 0 Å². The molecule has 0 aliphatic carbocycles. The van der Waals surface area contributed by atoms with Crippen LogP contribution in [0.15, 0.2) is 48.5 Å². The lowest BCUT2D eigenvalue weighted by molar-refractivity contribution is 0.301. The number of halogens is 1. The maximum Gasteiger partial charge on any atom is 0.128 e. The lowest BCUT2D eigenvalue weighted by atomic mass is 10.1. The standard InChI is InChI=1S/C16H15FN2O/c17-13-5-2-6-15(8-13)20-10-14-7-11-3-1-4-12(9-18)16(11)19-14/h1-8,19H,9-10,18H2. The Bertz CT molecular complexity index is 736. The van der Waals surface area contributed by atoms with E-state index in [1.165, 1.54) is 12.1 Å². The van der Waals surface area contributed by atoms with E-state index >= 15 is 0 Å². The SMILES string of the molecule is NCc1cccc2cc(COc3cccc(F)c3)[nH]c12. The van der Waals surface area contributed by atoms with E-state index in [1.807, 2.05) is 24.3 Å². The fourth-order valence-corrected chi connectivity index (χ4v) is 2.24. The second kappa shape index (κ2) is 5.35. The van der Waals surface area contributed by atoms with Crippen LogP contribution in [0.5, 0.6) is 5.75 Å². The summed E-state index contributed by atoms with van der Waals surface area (Å²) in [4.78, 5) is 3.30. The van der Waals surface area contributed by atoms with Gasteiger partial charge in [0.25, 0.3) is 0 Å². The minimum atomic E-state index is -0.301. The first-order valence-electron chi connectivity index (χ1n) is 6.44. The molecule has 20 heavy (non-hydrogen) atoms. The molecular weight excluding hydrogens is 255 g/mol. The highest BCUT2D eigenvalue weighted by atomic mass is 19.1. The van der Waals surface area contributed by atoms with Crippen molar-refractivity contribution in [3.63, 3.8) is 0 Å². The molecule has 2 aromatic carbocycles. The average molecular weight is 270 g/mol. The monoisotopic (exact) mass is 270 g/mol. The van der Waals surface area contributed by atoms with Gasteiger partial charge in [0, 0.05) is 18.0 Å². The molecule has 0 atom stereocenters. The minimum Gasteiger partial charge on any atom is -0.487 e. The Morgan fingerprint density at radius 3 is 2.75 bits per heavy atom. The van der Waals surface area contributed by atoms with Crippen LogP contribution in [0.3, 0.4) is 0 Å². The van der Waals surface area contributed by atoms with Gasteiger partial charge in [0.1, 0.15) is 18.2 Å². The number of rotatable bonds is 4. The molecule has 102 valence electrons. The molecule has 0 amide bonds. The van der Waals surface area contributed by atoms with Gasteiger partial charge >= 0.3 is 0 Å². The molecule has 1 heterocycles. The maximum atomic E-state index is 13.1. The molecule has 0 aliphatic heterocycles. The van der Waals surface area contributed by atoms with Crippen LogP contribution in [-0.4, -0.2) is 4.98 Å². The Balaban J connectivity index is 1.81. The zero-order chi connectivity index (χ0) is 13.9. The van der Waals surface area contributed by atoms with Crippen LogP contribution in [0.25, 0.3) is 10.9 Å². The lowest BCUT2D eigenvalue weighted by Crippen LogP contribution is -1.98. The van der Waals surface area contributed by atoms with E-state index in [-0.39, 0.29) is 5.82 Å². The number of hydrogen-bond donors (Lipinski definition) is 2. The molecule has 3 rings (SSSR count). The first-order valence-corrected chi connectivity index (χ1v) is 6.44. The Hall–Kier alpha value is -2.33. The fraction of sp³-hybridized carbons (Fsp3) is 0.125. The van der Waals surface area contributed by atoms with E-state index < -0.39 is 0 Å². The third kappa shape index (κ3) is 2.51. The van der Waals surface area contributed by atoms with Gasteiger partial charge in [-0.05, 0) is 23.8 Å². The molecule has 3 nitrogen and oxygen atoms in total. The van der Waals surface area contributed by atoms with Gasteiger partial charge in [-0.25, -0.2) is 4.39 Å². The highest BCUT2D eigenvalue weighted by Gasteiger charge is 2.05. The molecule has 0 fully saturated rings. The van der Waals surface area contributed by atoms with Crippen LogP contribution in [0.4, 0.5) is 4.39 Å². The summed E-state index contributed by atoms with van der Waals surface area (Å²) in [5.41, 5.74) is 8.75. The fourth-order valence-electron chi connectivity index (χ4n) is 2.24. The number of nitrogens with two attached hydrogens (primary N) is 1. The van der Waals surface area contributed by atoms with Crippen molar-refractivity contribution in [1.82, 2.24) is 4.98 Å². The quantitative estimate of drug-likeness (QED) is 0.764. The van der Waals surface area contributed by atoms with Gasteiger partial charge in [-0.1, -0.05) is 24.3 Å². The van der Waals surface area contributed by atoms with Crippen LogP contribution in [-0.2, 0) is 13.2 Å². The van der Waals surface area contributed by atoms with Crippen LogP contribution in [0.1, 0.15) is 11.3 Å². The van der Waals surface area contributed by atoms with Crippen LogP contribution < -0.4 is 10.5 Å². The number of ether oxygens (including phenoxy) is 1. The predicted octanol–water partition coefficient (Wildman–Crippen LogP) is 3.34. The number of nitrogens with one attached hydrogen (secondary N) is 1. The van der Waals surface area contributed by atoms with Gasteiger partial charge in [-0.15, -0.1) is 0 Å². The van der Waals surface area contributed by atoms with Crippen LogP contribution in [0.2, 0.25) is 0 Å². The minimum absolute atomic E-state index is 0.301. The highest BCUT2D eigenvalue weighted by Crippen LogP contribution is 2.21. The Morgan fingerprint density at radius 1 is 1.10 bits per heavy atom. The molecular formula is C16H15FN2O. The van der Waals surface area contributed by atoms with Crippen molar-refractivity contribution in [3.05, 3.63) is 65.6 Å². The topological polar surface area (TPSA) is 51.0 Å². The van der Waals surface area contributed by atoms with E-state index in [9.17, 15) is 4.39 Å². The highest BCUT2D eigenvalue weighted by molar-refractivity contribution is 5.83. The second-order valence-electron chi connectivity index (χ2n) is 4.63. The molecule has 0 bridgehead atoms. The zero-order valence-electron chi connectivity index (χ0n) is 10.9. The maximum absolute atomic E-state index is 13.1. The number of H-pyrrole nitrogens is 1. The van der Waals surface area contributed by atoms with Crippen molar-refractivity contribution in [2.24, 2.45) is 5.73 Å². The Kier molecular flexibility index (Phi) is 3.39. The van der Waals surface area contributed by atoms with Crippen molar-refractivity contribution in [2.45, 2.75) is 13.2 Å². The van der Waals surface area contributed by atoms with E-state index in [2.05, 4.69) is 4.98 Å². The second-order valence-corrected chi connectivity index (χ2v) is 4.63. The first-order chi connectivity index (χ1) is 9.76. The molecule has 0 saturated carbocycles. The lowest BCUT2D eigenvalue weighted by Gasteiger charge is -2.04. The van der Waals surface area contributed by atoms with Crippen LogP contribution in [0, 0.1) is 5.82 Å². The number of benzene rings is 2. The molecule has 0 unspecified atom stereocenters. The summed E-state index contributed by atoms with van der Waals surface area (Å²) in [6.07, 6.45) is 0. The summed E-state index contributed by atoms with van der Waals surface area (Å²) < 4.78 is 18.6. The summed E-state index contributed by atoms with van der Waals surface area (Å²) in [7, 11) is 0. The smallest absolute Gasteiger partial charge is 0.128 e. The summed E-state index contributed by atoms with van der Waals surface area (Å²) >= 11 is 0. The molecule has 4 heteroatoms. The van der Waals surface area contributed by atoms with Gasteiger partial charge < -0.3 is 15.5 Å². The zero-order valence-corrected chi connectivity index (χ0v) is 10.9. The number of fused-ring (bicyclic) bond motifs is 1. The molecule has 3 N–H and O–H groups in total. The van der Waals surface area contributed by atoms with Crippen molar-refractivity contribution < 1.29 is 9.13 Å². The van der Waals surface area contributed by atoms with Crippen molar-refractivity contribution in [2.75, 3.05) is 0 Å². The molecule has 0 saturated heterocycles.